The molecule has 1 amide bonds. The molecule has 1 aromatic rings. The summed E-state index contributed by atoms with van der Waals surface area (Å²) >= 11 is 0. The number of fused-ring (bicyclic) bond motifs is 1. The Morgan fingerprint density at radius 3 is 2.84 bits per heavy atom. The van der Waals surface area contributed by atoms with Gasteiger partial charge in [0.25, 0.3) is 0 Å². The molecule has 1 saturated carbocycles. The van der Waals surface area contributed by atoms with E-state index in [9.17, 15) is 4.79 Å². The number of carbonyl (C=O) groups excluding carboxylic acids is 1. The second-order valence-corrected chi connectivity index (χ2v) is 7.55. The van der Waals surface area contributed by atoms with Gasteiger partial charge in [0.2, 0.25) is 5.91 Å². The van der Waals surface area contributed by atoms with Gasteiger partial charge in [0.1, 0.15) is 0 Å². The van der Waals surface area contributed by atoms with Gasteiger partial charge in [-0.25, -0.2) is 0 Å². The van der Waals surface area contributed by atoms with Gasteiger partial charge in [-0.15, -0.1) is 0 Å². The van der Waals surface area contributed by atoms with E-state index in [1.54, 1.807) is 0 Å². The Bertz CT molecular complexity index is 576. The number of benzene rings is 1. The van der Waals surface area contributed by atoms with Gasteiger partial charge in [-0.2, -0.15) is 0 Å². The third kappa shape index (κ3) is 4.40. The maximum absolute atomic E-state index is 12.6. The van der Waals surface area contributed by atoms with Crippen LogP contribution in [0.25, 0.3) is 0 Å². The van der Waals surface area contributed by atoms with Crippen LogP contribution in [0.5, 0.6) is 0 Å². The van der Waals surface area contributed by atoms with Gasteiger partial charge < -0.3 is 14.8 Å². The summed E-state index contributed by atoms with van der Waals surface area (Å²) in [5.74, 6) is 0.689. The van der Waals surface area contributed by atoms with E-state index in [0.29, 0.717) is 25.2 Å². The molecule has 5 nitrogen and oxygen atoms in total. The van der Waals surface area contributed by atoms with E-state index in [0.717, 1.165) is 45.5 Å². The van der Waals surface area contributed by atoms with Crippen LogP contribution in [-0.4, -0.2) is 55.8 Å². The SMILES string of the molecule is O=C(NC1CC1)[C@@H]1CN(CCOCc2ccccc2)C[C@H]2OCC[C@H]21. The number of ether oxygens (including phenoxy) is 2. The normalized spacial score (nSPS) is 29.4. The van der Waals surface area contributed by atoms with Crippen molar-refractivity contribution in [1.29, 1.82) is 0 Å². The number of carbonyl (C=O) groups is 1. The van der Waals surface area contributed by atoms with Crippen LogP contribution in [-0.2, 0) is 20.9 Å². The molecule has 0 unspecified atom stereocenters. The lowest BCUT2D eigenvalue weighted by Crippen LogP contribution is -2.53. The highest BCUT2D eigenvalue weighted by Gasteiger charge is 2.44. The summed E-state index contributed by atoms with van der Waals surface area (Å²) in [6, 6.07) is 10.7. The predicted molar refractivity (Wildman–Crippen MR) is 95.0 cm³/mol. The van der Waals surface area contributed by atoms with Crippen molar-refractivity contribution in [3.05, 3.63) is 35.9 Å². The molecule has 2 saturated heterocycles. The molecule has 1 aliphatic carbocycles. The van der Waals surface area contributed by atoms with Gasteiger partial charge in [0.15, 0.2) is 0 Å². The monoisotopic (exact) mass is 344 g/mol. The van der Waals surface area contributed by atoms with Gasteiger partial charge >= 0.3 is 0 Å². The zero-order valence-corrected chi connectivity index (χ0v) is 14.7. The fraction of sp³-hybridized carbons (Fsp3) is 0.650. The summed E-state index contributed by atoms with van der Waals surface area (Å²) in [6.07, 6.45) is 3.50. The van der Waals surface area contributed by atoms with Crippen LogP contribution in [0.15, 0.2) is 30.3 Å². The van der Waals surface area contributed by atoms with Crippen LogP contribution in [0, 0.1) is 11.8 Å². The Balaban J connectivity index is 1.27. The number of piperidine rings is 1. The lowest BCUT2D eigenvalue weighted by Gasteiger charge is -2.39. The molecule has 0 aromatic heterocycles. The molecule has 0 spiro atoms. The highest BCUT2D eigenvalue weighted by molar-refractivity contribution is 5.80. The van der Waals surface area contributed by atoms with Crippen molar-refractivity contribution in [3.8, 4) is 0 Å². The second kappa shape index (κ2) is 7.85. The Kier molecular flexibility index (Phi) is 5.34. The Hall–Kier alpha value is -1.43. The summed E-state index contributed by atoms with van der Waals surface area (Å²) in [7, 11) is 0. The van der Waals surface area contributed by atoms with E-state index in [2.05, 4.69) is 22.3 Å². The zero-order chi connectivity index (χ0) is 17.1. The van der Waals surface area contributed by atoms with Crippen LogP contribution < -0.4 is 5.32 Å². The third-order valence-electron chi connectivity index (χ3n) is 5.59. The van der Waals surface area contributed by atoms with Crippen molar-refractivity contribution in [2.24, 2.45) is 11.8 Å². The van der Waals surface area contributed by atoms with Crippen molar-refractivity contribution in [2.75, 3.05) is 32.8 Å². The number of amides is 1. The van der Waals surface area contributed by atoms with E-state index in [-0.39, 0.29) is 17.9 Å². The van der Waals surface area contributed by atoms with Crippen molar-refractivity contribution in [3.63, 3.8) is 0 Å². The molecule has 136 valence electrons. The second-order valence-electron chi connectivity index (χ2n) is 7.55. The summed E-state index contributed by atoms with van der Waals surface area (Å²) in [5, 5.41) is 3.19. The quantitative estimate of drug-likeness (QED) is 0.767. The summed E-state index contributed by atoms with van der Waals surface area (Å²) in [6.45, 7) is 4.73. The molecule has 4 rings (SSSR count). The Morgan fingerprint density at radius 2 is 2.04 bits per heavy atom. The van der Waals surface area contributed by atoms with Gasteiger partial charge in [0, 0.05) is 38.2 Å². The van der Waals surface area contributed by atoms with Gasteiger partial charge in [-0.05, 0) is 24.8 Å². The molecule has 0 radical (unpaired) electrons. The van der Waals surface area contributed by atoms with Crippen molar-refractivity contribution >= 4 is 5.91 Å². The first-order valence-electron chi connectivity index (χ1n) is 9.55. The third-order valence-corrected chi connectivity index (χ3v) is 5.59. The van der Waals surface area contributed by atoms with Gasteiger partial charge in [-0.1, -0.05) is 30.3 Å². The number of nitrogens with zero attached hydrogens (tertiary/aromatic N) is 1. The highest BCUT2D eigenvalue weighted by atomic mass is 16.5. The van der Waals surface area contributed by atoms with E-state index in [4.69, 9.17) is 9.47 Å². The van der Waals surface area contributed by atoms with E-state index >= 15 is 0 Å². The number of hydrogen-bond acceptors (Lipinski definition) is 4. The summed E-state index contributed by atoms with van der Waals surface area (Å²) in [5.41, 5.74) is 1.20. The smallest absolute Gasteiger partial charge is 0.225 e. The average Bonchev–Trinajstić information content (AvgIpc) is 3.32. The molecule has 3 atom stereocenters. The minimum atomic E-state index is 0.0657. The maximum atomic E-state index is 12.6. The minimum Gasteiger partial charge on any atom is -0.377 e. The largest absolute Gasteiger partial charge is 0.377 e. The lowest BCUT2D eigenvalue weighted by molar-refractivity contribution is -0.131. The van der Waals surface area contributed by atoms with Crippen LogP contribution in [0.4, 0.5) is 0 Å². The van der Waals surface area contributed by atoms with Crippen LogP contribution in [0.2, 0.25) is 0 Å². The molecule has 3 aliphatic rings. The van der Waals surface area contributed by atoms with E-state index in [1.165, 1.54) is 5.56 Å². The van der Waals surface area contributed by atoms with Crippen LogP contribution in [0.3, 0.4) is 0 Å². The van der Waals surface area contributed by atoms with E-state index in [1.807, 2.05) is 18.2 Å². The molecule has 25 heavy (non-hydrogen) atoms. The van der Waals surface area contributed by atoms with Crippen LogP contribution in [0.1, 0.15) is 24.8 Å². The summed E-state index contributed by atoms with van der Waals surface area (Å²) < 4.78 is 11.7. The average molecular weight is 344 g/mol. The highest BCUT2D eigenvalue weighted by Crippen LogP contribution is 2.34. The van der Waals surface area contributed by atoms with Gasteiger partial charge in [-0.3, -0.25) is 9.69 Å². The zero-order valence-electron chi connectivity index (χ0n) is 14.7. The Labute approximate surface area is 149 Å². The minimum absolute atomic E-state index is 0.0657. The first-order chi connectivity index (χ1) is 12.3. The number of nitrogens with one attached hydrogen (secondary N) is 1. The van der Waals surface area contributed by atoms with Crippen molar-refractivity contribution in [2.45, 2.75) is 38.0 Å². The topological polar surface area (TPSA) is 50.8 Å². The lowest BCUT2D eigenvalue weighted by atomic mass is 9.82. The standard InChI is InChI=1S/C20H28N2O3/c23-20(21-16-6-7-16)18-12-22(13-19-17(18)8-10-25-19)9-11-24-14-15-4-2-1-3-5-15/h1-5,16-19H,6-14H2,(H,21,23)/t17-,18+,19+/m0/s1. The van der Waals surface area contributed by atoms with Crippen molar-refractivity contribution < 1.29 is 14.3 Å². The molecule has 1 N–H and O–H groups in total. The first-order valence-corrected chi connectivity index (χ1v) is 9.55. The molecule has 2 aliphatic heterocycles. The molecular weight excluding hydrogens is 316 g/mol. The van der Waals surface area contributed by atoms with E-state index < -0.39 is 0 Å². The molecule has 2 heterocycles. The molecule has 1 aromatic carbocycles. The summed E-state index contributed by atoms with van der Waals surface area (Å²) in [4.78, 5) is 15.0. The Morgan fingerprint density at radius 1 is 1.20 bits per heavy atom. The van der Waals surface area contributed by atoms with Gasteiger partial charge in [0.05, 0.1) is 25.2 Å². The molecule has 5 heteroatoms. The number of likely N-dealkylation sites (tertiary alicyclic amines) is 1. The molecule has 0 bridgehead atoms. The fourth-order valence-electron chi connectivity index (χ4n) is 4.01. The number of hydrogen-bond donors (Lipinski definition) is 1. The van der Waals surface area contributed by atoms with Crippen LogP contribution >= 0.6 is 0 Å². The molecular formula is C20H28N2O3. The first kappa shape index (κ1) is 17.0. The molecule has 3 fully saturated rings. The van der Waals surface area contributed by atoms with Crippen molar-refractivity contribution in [1.82, 2.24) is 10.2 Å². The fourth-order valence-corrected chi connectivity index (χ4v) is 4.01. The number of rotatable bonds is 7. The maximum Gasteiger partial charge on any atom is 0.225 e. The predicted octanol–water partition coefficient (Wildman–Crippen LogP) is 1.82.